The van der Waals surface area contributed by atoms with Gasteiger partial charge in [-0.15, -0.1) is 0 Å². The Labute approximate surface area is 100 Å². The zero-order valence-corrected chi connectivity index (χ0v) is 9.93. The number of fused-ring (bicyclic) bond motifs is 1. The summed E-state index contributed by atoms with van der Waals surface area (Å²) < 4.78 is 0. The van der Waals surface area contributed by atoms with Gasteiger partial charge in [0.2, 0.25) is 0 Å². The third-order valence-corrected chi connectivity index (χ3v) is 2.57. The maximum absolute atomic E-state index is 5.48. The van der Waals surface area contributed by atoms with Gasteiger partial charge in [0.1, 0.15) is 11.3 Å². The number of nitrogens with one attached hydrogen (secondary N) is 1. The lowest BCUT2D eigenvalue weighted by atomic mass is 10.2. The van der Waals surface area contributed by atoms with E-state index >= 15 is 0 Å². The summed E-state index contributed by atoms with van der Waals surface area (Å²) in [6, 6.07) is 4.21. The fraction of sp³-hybridized carbons (Fsp3) is 0.417. The maximum atomic E-state index is 5.48. The largest absolute Gasteiger partial charge is 0.368 e. The monoisotopic (exact) mass is 231 g/mol. The maximum Gasteiger partial charge on any atom is 0.180 e. The normalized spacial score (nSPS) is 12.6. The molecule has 0 aliphatic carbocycles. The molecule has 0 radical (unpaired) electrons. The summed E-state index contributed by atoms with van der Waals surface area (Å²) in [4.78, 5) is 12.8. The lowest BCUT2D eigenvalue weighted by Crippen LogP contribution is -2.17. The van der Waals surface area contributed by atoms with E-state index in [4.69, 9.17) is 5.73 Å². The summed E-state index contributed by atoms with van der Waals surface area (Å²) in [6.07, 6.45) is 5.37. The summed E-state index contributed by atoms with van der Waals surface area (Å²) in [5.41, 5.74) is 6.97. The van der Waals surface area contributed by atoms with E-state index in [-0.39, 0.29) is 0 Å². The Morgan fingerprint density at radius 3 is 2.94 bits per heavy atom. The molecule has 0 fully saturated rings. The molecule has 0 saturated heterocycles. The van der Waals surface area contributed by atoms with Crippen LogP contribution in [0, 0.1) is 0 Å². The Bertz CT molecular complexity index is 485. The van der Waals surface area contributed by atoms with Crippen molar-refractivity contribution >= 4 is 17.0 Å². The molecular formula is C12H17N5. The highest BCUT2D eigenvalue weighted by Gasteiger charge is 2.04. The second-order valence-electron chi connectivity index (χ2n) is 4.07. The molecule has 1 unspecified atom stereocenters. The first-order valence-electron chi connectivity index (χ1n) is 5.84. The van der Waals surface area contributed by atoms with Crippen LogP contribution in [0.2, 0.25) is 0 Å². The van der Waals surface area contributed by atoms with Crippen LogP contribution in [0.5, 0.6) is 0 Å². The molecule has 0 saturated carbocycles. The lowest BCUT2D eigenvalue weighted by molar-refractivity contribution is 0.661. The van der Waals surface area contributed by atoms with Crippen LogP contribution in [0.15, 0.2) is 24.5 Å². The van der Waals surface area contributed by atoms with E-state index in [1.807, 2.05) is 12.1 Å². The molecule has 5 heteroatoms. The summed E-state index contributed by atoms with van der Waals surface area (Å²) in [6.45, 7) is 2.85. The molecule has 0 aromatic carbocycles. The average molecular weight is 231 g/mol. The molecule has 3 N–H and O–H groups in total. The summed E-state index contributed by atoms with van der Waals surface area (Å²) in [5.74, 6) is 0.836. The predicted molar refractivity (Wildman–Crippen MR) is 68.7 cm³/mol. The molecule has 0 aliphatic heterocycles. The molecule has 0 aliphatic rings. The van der Waals surface area contributed by atoms with E-state index in [9.17, 15) is 0 Å². The van der Waals surface area contributed by atoms with E-state index < -0.39 is 0 Å². The van der Waals surface area contributed by atoms with Crippen molar-refractivity contribution in [1.82, 2.24) is 15.0 Å². The smallest absolute Gasteiger partial charge is 0.180 e. The van der Waals surface area contributed by atoms with Crippen molar-refractivity contribution in [1.29, 1.82) is 0 Å². The Balaban J connectivity index is 2.08. The van der Waals surface area contributed by atoms with E-state index in [0.29, 0.717) is 11.7 Å². The third-order valence-electron chi connectivity index (χ3n) is 2.57. The van der Waals surface area contributed by atoms with Gasteiger partial charge >= 0.3 is 0 Å². The van der Waals surface area contributed by atoms with Gasteiger partial charge < -0.3 is 11.1 Å². The summed E-state index contributed by atoms with van der Waals surface area (Å²) in [7, 11) is 0. The van der Waals surface area contributed by atoms with Gasteiger partial charge in [-0.25, -0.2) is 9.97 Å². The molecule has 2 aromatic rings. The van der Waals surface area contributed by atoms with Crippen molar-refractivity contribution in [3.8, 4) is 0 Å². The van der Waals surface area contributed by atoms with E-state index in [1.54, 1.807) is 12.4 Å². The van der Waals surface area contributed by atoms with Gasteiger partial charge in [0.25, 0.3) is 0 Å². The number of aromatic nitrogens is 3. The molecule has 2 heterocycles. The molecule has 0 spiro atoms. The molecule has 17 heavy (non-hydrogen) atoms. The van der Waals surface area contributed by atoms with E-state index in [1.165, 1.54) is 0 Å². The van der Waals surface area contributed by atoms with Gasteiger partial charge in [-0.1, -0.05) is 0 Å². The fourth-order valence-electron chi connectivity index (χ4n) is 1.68. The van der Waals surface area contributed by atoms with Gasteiger partial charge in [-0.05, 0) is 38.4 Å². The molecule has 2 rings (SSSR count). The fourth-order valence-corrected chi connectivity index (χ4v) is 1.68. The van der Waals surface area contributed by atoms with Crippen molar-refractivity contribution in [2.45, 2.75) is 25.8 Å². The van der Waals surface area contributed by atoms with Crippen LogP contribution >= 0.6 is 0 Å². The first kappa shape index (κ1) is 11.7. The number of nitrogens with two attached hydrogens (primary N) is 1. The van der Waals surface area contributed by atoms with Gasteiger partial charge in [-0.2, -0.15) is 0 Å². The number of rotatable bonds is 5. The van der Waals surface area contributed by atoms with Crippen molar-refractivity contribution in [3.63, 3.8) is 0 Å². The zero-order chi connectivity index (χ0) is 12.1. The van der Waals surface area contributed by atoms with E-state index in [2.05, 4.69) is 27.2 Å². The van der Waals surface area contributed by atoms with Crippen LogP contribution < -0.4 is 11.1 Å². The molecule has 90 valence electrons. The Hall–Kier alpha value is -1.75. The predicted octanol–water partition coefficient (Wildman–Crippen LogP) is 1.56. The number of hydrogen-bond acceptors (Lipinski definition) is 5. The minimum atomic E-state index is 0.361. The Morgan fingerprint density at radius 1 is 1.29 bits per heavy atom. The molecule has 0 bridgehead atoms. The summed E-state index contributed by atoms with van der Waals surface area (Å²) in [5, 5.41) is 3.33. The second-order valence-corrected chi connectivity index (χ2v) is 4.07. The number of anilines is 1. The first-order valence-corrected chi connectivity index (χ1v) is 5.84. The van der Waals surface area contributed by atoms with Crippen LogP contribution in [-0.4, -0.2) is 27.5 Å². The van der Waals surface area contributed by atoms with Gasteiger partial charge in [0, 0.05) is 18.4 Å². The molecule has 1 atom stereocenters. The van der Waals surface area contributed by atoms with Crippen molar-refractivity contribution in [2.24, 2.45) is 5.73 Å². The van der Waals surface area contributed by atoms with Crippen LogP contribution in [0.4, 0.5) is 5.82 Å². The van der Waals surface area contributed by atoms with Gasteiger partial charge in [0.15, 0.2) is 5.65 Å². The van der Waals surface area contributed by atoms with Crippen molar-refractivity contribution in [3.05, 3.63) is 24.5 Å². The number of pyridine rings is 1. The van der Waals surface area contributed by atoms with E-state index in [0.717, 1.165) is 30.7 Å². The van der Waals surface area contributed by atoms with Crippen LogP contribution in [0.25, 0.3) is 11.2 Å². The van der Waals surface area contributed by atoms with Crippen LogP contribution in [0.3, 0.4) is 0 Å². The first-order chi connectivity index (χ1) is 8.29. The molecule has 5 nitrogen and oxygen atoms in total. The van der Waals surface area contributed by atoms with Crippen molar-refractivity contribution < 1.29 is 0 Å². The minimum Gasteiger partial charge on any atom is -0.368 e. The Kier molecular flexibility index (Phi) is 3.82. The Morgan fingerprint density at radius 2 is 2.12 bits per heavy atom. The lowest BCUT2D eigenvalue weighted by Gasteiger charge is -2.13. The third kappa shape index (κ3) is 3.10. The zero-order valence-electron chi connectivity index (χ0n) is 9.93. The highest BCUT2D eigenvalue weighted by atomic mass is 15.0. The second kappa shape index (κ2) is 5.54. The minimum absolute atomic E-state index is 0.361. The van der Waals surface area contributed by atoms with Crippen molar-refractivity contribution in [2.75, 3.05) is 11.9 Å². The van der Waals surface area contributed by atoms with Gasteiger partial charge in [0.05, 0.1) is 0 Å². The molecular weight excluding hydrogens is 214 g/mol. The number of nitrogens with zero attached hydrogens (tertiary/aromatic N) is 3. The quantitative estimate of drug-likeness (QED) is 0.816. The number of hydrogen-bond donors (Lipinski definition) is 2. The topological polar surface area (TPSA) is 76.7 Å². The van der Waals surface area contributed by atoms with Gasteiger partial charge in [-0.3, -0.25) is 4.98 Å². The molecule has 0 amide bonds. The SMILES string of the molecule is CC(CCCN)Nc1ccc2nccnc2n1. The standard InChI is InChI=1S/C12H17N5/c1-9(3-2-6-13)16-11-5-4-10-12(17-11)15-8-7-14-10/h4-5,7-9H,2-3,6,13H2,1H3,(H,15,16,17). The summed E-state index contributed by atoms with van der Waals surface area (Å²) >= 11 is 0. The average Bonchev–Trinajstić information content (AvgIpc) is 2.36. The van der Waals surface area contributed by atoms with Crippen LogP contribution in [-0.2, 0) is 0 Å². The highest BCUT2D eigenvalue weighted by Crippen LogP contribution is 2.12. The van der Waals surface area contributed by atoms with Crippen LogP contribution in [0.1, 0.15) is 19.8 Å². The molecule has 2 aromatic heterocycles. The highest BCUT2D eigenvalue weighted by molar-refractivity contribution is 5.71.